The normalized spacial score (nSPS) is 10.8. The summed E-state index contributed by atoms with van der Waals surface area (Å²) >= 11 is 1.52. The van der Waals surface area contributed by atoms with E-state index in [4.69, 9.17) is 0 Å². The molecule has 0 fully saturated rings. The lowest BCUT2D eigenvalue weighted by Crippen LogP contribution is -2.23. The van der Waals surface area contributed by atoms with E-state index in [0.717, 1.165) is 17.2 Å². The fraction of sp³-hybridized carbons (Fsp3) is 0.417. The van der Waals surface area contributed by atoms with Crippen molar-refractivity contribution in [2.45, 2.75) is 20.4 Å². The molecule has 5 nitrogen and oxygen atoms in total. The van der Waals surface area contributed by atoms with Crippen LogP contribution in [0.1, 0.15) is 18.9 Å². The molecule has 6 heteroatoms. The van der Waals surface area contributed by atoms with E-state index in [1.807, 2.05) is 5.38 Å². The molecular weight excluding hydrogens is 248 g/mol. The zero-order chi connectivity index (χ0) is 13.0. The van der Waals surface area contributed by atoms with Crippen LogP contribution in [0.15, 0.2) is 28.6 Å². The molecule has 0 bridgehead atoms. The van der Waals surface area contributed by atoms with Gasteiger partial charge in [-0.05, 0) is 5.92 Å². The molecule has 2 rings (SSSR count). The van der Waals surface area contributed by atoms with Crippen LogP contribution in [-0.2, 0) is 6.54 Å². The molecule has 0 amide bonds. The molecule has 0 saturated carbocycles. The Balaban J connectivity index is 2.08. The number of anilines is 1. The minimum atomic E-state index is -0.112. The standard InChI is InChI=1S/C12H16N4OS/c1-9(2)6-14-10-5-12(17)16(15-7-10)8-11-13-3-4-18-11/h3-5,7,9,14H,6,8H2,1-2H3. The Bertz CT molecular complexity index is 547. The number of hydrogen-bond acceptors (Lipinski definition) is 5. The molecule has 0 aromatic carbocycles. The molecule has 18 heavy (non-hydrogen) atoms. The van der Waals surface area contributed by atoms with Crippen LogP contribution >= 0.6 is 11.3 Å². The smallest absolute Gasteiger partial charge is 0.269 e. The predicted molar refractivity (Wildman–Crippen MR) is 73.0 cm³/mol. The Kier molecular flexibility index (Phi) is 4.09. The third-order valence-corrected chi connectivity index (χ3v) is 3.12. The largest absolute Gasteiger partial charge is 0.383 e. The van der Waals surface area contributed by atoms with Gasteiger partial charge in [-0.1, -0.05) is 13.8 Å². The van der Waals surface area contributed by atoms with Crippen LogP contribution in [0, 0.1) is 5.92 Å². The molecule has 0 aliphatic rings. The van der Waals surface area contributed by atoms with Gasteiger partial charge < -0.3 is 5.32 Å². The molecule has 2 aromatic heterocycles. The van der Waals surface area contributed by atoms with E-state index in [9.17, 15) is 4.79 Å². The third-order valence-electron chi connectivity index (χ3n) is 2.35. The Labute approximate surface area is 110 Å². The first-order chi connectivity index (χ1) is 8.65. The van der Waals surface area contributed by atoms with Gasteiger partial charge in [0.1, 0.15) is 5.01 Å². The second kappa shape index (κ2) is 5.77. The molecule has 0 spiro atoms. The summed E-state index contributed by atoms with van der Waals surface area (Å²) in [6.07, 6.45) is 3.40. The van der Waals surface area contributed by atoms with Gasteiger partial charge in [0, 0.05) is 24.2 Å². The van der Waals surface area contributed by atoms with Gasteiger partial charge in [0.05, 0.1) is 18.4 Å². The van der Waals surface area contributed by atoms with Crippen molar-refractivity contribution in [2.24, 2.45) is 5.92 Å². The van der Waals surface area contributed by atoms with E-state index in [-0.39, 0.29) is 5.56 Å². The maximum Gasteiger partial charge on any atom is 0.269 e. The summed E-state index contributed by atoms with van der Waals surface area (Å²) in [5.74, 6) is 0.530. The summed E-state index contributed by atoms with van der Waals surface area (Å²) in [6, 6.07) is 1.57. The fourth-order valence-corrected chi connectivity index (χ4v) is 2.03. The number of hydrogen-bond donors (Lipinski definition) is 1. The number of aromatic nitrogens is 3. The molecule has 2 heterocycles. The molecule has 0 saturated heterocycles. The van der Waals surface area contributed by atoms with Crippen molar-refractivity contribution in [3.8, 4) is 0 Å². The first-order valence-corrected chi connectivity index (χ1v) is 6.72. The minimum Gasteiger partial charge on any atom is -0.383 e. The topological polar surface area (TPSA) is 59.8 Å². The summed E-state index contributed by atoms with van der Waals surface area (Å²) in [7, 11) is 0. The zero-order valence-corrected chi connectivity index (χ0v) is 11.3. The number of thiazole rings is 1. The van der Waals surface area contributed by atoms with Crippen molar-refractivity contribution in [1.82, 2.24) is 14.8 Å². The van der Waals surface area contributed by atoms with Gasteiger partial charge in [-0.25, -0.2) is 9.67 Å². The molecule has 1 N–H and O–H groups in total. The van der Waals surface area contributed by atoms with Gasteiger partial charge in [-0.3, -0.25) is 4.79 Å². The average Bonchev–Trinajstić information content (AvgIpc) is 2.82. The SMILES string of the molecule is CC(C)CNc1cnn(Cc2nccs2)c(=O)c1. The highest BCUT2D eigenvalue weighted by atomic mass is 32.1. The second-order valence-corrected chi connectivity index (χ2v) is 5.42. The van der Waals surface area contributed by atoms with Crippen molar-refractivity contribution in [3.05, 3.63) is 39.2 Å². The van der Waals surface area contributed by atoms with E-state index in [2.05, 4.69) is 29.2 Å². The van der Waals surface area contributed by atoms with Crippen molar-refractivity contribution in [1.29, 1.82) is 0 Å². The number of rotatable bonds is 5. The molecule has 0 atom stereocenters. The van der Waals surface area contributed by atoms with Gasteiger partial charge in [0.15, 0.2) is 0 Å². The number of nitrogens with one attached hydrogen (secondary N) is 1. The van der Waals surface area contributed by atoms with Crippen molar-refractivity contribution < 1.29 is 0 Å². The van der Waals surface area contributed by atoms with Gasteiger partial charge in [0.25, 0.3) is 5.56 Å². The number of nitrogens with zero attached hydrogens (tertiary/aromatic N) is 3. The summed E-state index contributed by atoms with van der Waals surface area (Å²) in [4.78, 5) is 16.0. The van der Waals surface area contributed by atoms with E-state index in [1.54, 1.807) is 18.5 Å². The molecule has 96 valence electrons. The van der Waals surface area contributed by atoms with Crippen LogP contribution < -0.4 is 10.9 Å². The molecular formula is C12H16N4OS. The van der Waals surface area contributed by atoms with E-state index in [1.165, 1.54) is 16.0 Å². The van der Waals surface area contributed by atoms with Crippen LogP contribution in [0.25, 0.3) is 0 Å². The summed E-state index contributed by atoms with van der Waals surface area (Å²) in [5, 5.41) is 10.1. The summed E-state index contributed by atoms with van der Waals surface area (Å²) in [5.41, 5.74) is 0.656. The van der Waals surface area contributed by atoms with Crippen LogP contribution in [0.3, 0.4) is 0 Å². The zero-order valence-electron chi connectivity index (χ0n) is 10.5. The molecule has 0 radical (unpaired) electrons. The van der Waals surface area contributed by atoms with E-state index < -0.39 is 0 Å². The van der Waals surface area contributed by atoms with Crippen LogP contribution in [-0.4, -0.2) is 21.3 Å². The Morgan fingerprint density at radius 3 is 2.94 bits per heavy atom. The molecule has 0 aliphatic carbocycles. The quantitative estimate of drug-likeness (QED) is 0.895. The molecule has 2 aromatic rings. The average molecular weight is 264 g/mol. The third kappa shape index (κ3) is 3.40. The molecule has 0 aliphatic heterocycles. The van der Waals surface area contributed by atoms with Crippen LogP contribution in [0.5, 0.6) is 0 Å². The highest BCUT2D eigenvalue weighted by Crippen LogP contribution is 2.06. The first-order valence-electron chi connectivity index (χ1n) is 5.84. The van der Waals surface area contributed by atoms with Crippen molar-refractivity contribution in [3.63, 3.8) is 0 Å². The maximum atomic E-state index is 11.8. The Morgan fingerprint density at radius 2 is 2.33 bits per heavy atom. The Hall–Kier alpha value is -1.69. The highest BCUT2D eigenvalue weighted by Gasteiger charge is 2.03. The molecule has 0 unspecified atom stereocenters. The maximum absolute atomic E-state index is 11.8. The van der Waals surface area contributed by atoms with Gasteiger partial charge in [0.2, 0.25) is 0 Å². The lowest BCUT2D eigenvalue weighted by molar-refractivity contribution is 0.634. The van der Waals surface area contributed by atoms with E-state index >= 15 is 0 Å². The van der Waals surface area contributed by atoms with Crippen LogP contribution in [0.2, 0.25) is 0 Å². The van der Waals surface area contributed by atoms with Gasteiger partial charge >= 0.3 is 0 Å². The summed E-state index contributed by atoms with van der Waals surface area (Å²) in [6.45, 7) is 5.49. The highest BCUT2D eigenvalue weighted by molar-refractivity contribution is 7.09. The van der Waals surface area contributed by atoms with Gasteiger partial charge in [-0.2, -0.15) is 5.10 Å². The Morgan fingerprint density at radius 1 is 1.50 bits per heavy atom. The minimum absolute atomic E-state index is 0.112. The first kappa shape index (κ1) is 12.8. The summed E-state index contributed by atoms with van der Waals surface area (Å²) < 4.78 is 1.42. The van der Waals surface area contributed by atoms with Gasteiger partial charge in [-0.15, -0.1) is 11.3 Å². The lowest BCUT2D eigenvalue weighted by atomic mass is 10.2. The van der Waals surface area contributed by atoms with Crippen molar-refractivity contribution in [2.75, 3.05) is 11.9 Å². The fourth-order valence-electron chi connectivity index (χ4n) is 1.43. The van der Waals surface area contributed by atoms with Crippen molar-refractivity contribution >= 4 is 17.0 Å². The second-order valence-electron chi connectivity index (χ2n) is 4.44. The van der Waals surface area contributed by atoms with Crippen LogP contribution in [0.4, 0.5) is 5.69 Å². The predicted octanol–water partition coefficient (Wildman–Crippen LogP) is 1.82. The monoisotopic (exact) mass is 264 g/mol. The lowest BCUT2D eigenvalue weighted by Gasteiger charge is -2.09. The van der Waals surface area contributed by atoms with E-state index in [0.29, 0.717) is 12.5 Å².